The molecule has 10 aromatic rings. The van der Waals surface area contributed by atoms with Crippen LogP contribution in [0, 0.1) is 17.9 Å². The van der Waals surface area contributed by atoms with Crippen LogP contribution in [-0.4, -0.2) is 0 Å². The zero-order valence-corrected chi connectivity index (χ0v) is 45.1. The largest absolute Gasteiger partial charge is 0.309 e. The lowest BCUT2D eigenvalue weighted by atomic mass is 9.80. The first kappa shape index (κ1) is 49.4. The summed E-state index contributed by atoms with van der Waals surface area (Å²) in [6.07, 6.45) is 0. The smallest absolute Gasteiger partial charge is 0.188 e. The molecule has 0 heterocycles. The second-order valence-corrected chi connectivity index (χ2v) is 24.2. The Morgan fingerprint density at radius 3 is 1.14 bits per heavy atom. The van der Waals surface area contributed by atoms with Crippen LogP contribution in [0.5, 0.6) is 0 Å². The quantitative estimate of drug-likeness (QED) is 0.112. The van der Waals surface area contributed by atoms with Gasteiger partial charge in [0.1, 0.15) is 0 Å². The van der Waals surface area contributed by atoms with Crippen LogP contribution in [0.15, 0.2) is 182 Å². The molecule has 0 saturated carbocycles. The summed E-state index contributed by atoms with van der Waals surface area (Å²) < 4.78 is 0. The molecule has 10 rings (SSSR count). The van der Waals surface area contributed by atoms with E-state index in [-0.39, 0.29) is 21.7 Å². The fourth-order valence-corrected chi connectivity index (χ4v) is 10.5. The number of anilines is 6. The van der Waals surface area contributed by atoms with Crippen molar-refractivity contribution in [3.05, 3.63) is 221 Å². The fourth-order valence-electron chi connectivity index (χ4n) is 10.5. The van der Waals surface area contributed by atoms with E-state index in [0.717, 1.165) is 77.9 Å². The van der Waals surface area contributed by atoms with Gasteiger partial charge >= 0.3 is 0 Å². The highest BCUT2D eigenvalue weighted by atomic mass is 15.2. The molecular formula is C70H66N4. The van der Waals surface area contributed by atoms with E-state index in [1.807, 2.05) is 36.4 Å². The minimum atomic E-state index is -0.129. The Bertz CT molecular complexity index is 3520. The van der Waals surface area contributed by atoms with E-state index >= 15 is 0 Å². The van der Waals surface area contributed by atoms with Gasteiger partial charge in [0.2, 0.25) is 0 Å². The summed E-state index contributed by atoms with van der Waals surface area (Å²) in [6, 6.07) is 68.3. The van der Waals surface area contributed by atoms with Crippen LogP contribution in [0.4, 0.5) is 39.8 Å². The highest BCUT2D eigenvalue weighted by molar-refractivity contribution is 6.28. The number of nitriles is 1. The van der Waals surface area contributed by atoms with Crippen LogP contribution in [-0.2, 0) is 21.7 Å². The predicted octanol–water partition coefficient (Wildman–Crippen LogP) is 20.5. The van der Waals surface area contributed by atoms with Crippen LogP contribution in [0.25, 0.3) is 59.4 Å². The van der Waals surface area contributed by atoms with E-state index in [1.165, 1.54) is 33.0 Å². The van der Waals surface area contributed by atoms with Gasteiger partial charge in [0.05, 0.1) is 41.0 Å². The highest BCUT2D eigenvalue weighted by Crippen LogP contribution is 2.52. The van der Waals surface area contributed by atoms with Crippen LogP contribution in [0.1, 0.15) is 111 Å². The average Bonchev–Trinajstić information content (AvgIpc) is 3.38. The van der Waals surface area contributed by atoms with Gasteiger partial charge < -0.3 is 9.80 Å². The summed E-state index contributed by atoms with van der Waals surface area (Å²) in [4.78, 5) is 8.85. The Balaban J connectivity index is 1.31. The number of nitrogens with zero attached hydrogens (tertiary/aromatic N) is 4. The van der Waals surface area contributed by atoms with Crippen molar-refractivity contribution in [1.82, 2.24) is 0 Å². The number of hydrogen-bond acceptors (Lipinski definition) is 3. The lowest BCUT2D eigenvalue weighted by Gasteiger charge is -2.34. The lowest BCUT2D eigenvalue weighted by molar-refractivity contribution is 0.568. The molecule has 74 heavy (non-hydrogen) atoms. The summed E-state index contributed by atoms with van der Waals surface area (Å²) >= 11 is 0. The standard InChI is InChI=1S/C70H66N4/c1-67(2,3)50-37-51(68(4,5)6)40-55(39-50)73(63-32-24-45(44-71)36-59(63)46-20-16-14-17-21-46)61-33-27-48-26-31-58-62(34-28-49-25-30-57(61)65(48)66(49)58)74(56-41-52(69(7,8)9)38-53(42-56)70(10,11)12)64-35-29-54(72-13)43-60(64)47-22-18-15-19-23-47/h14-43H,1-12H3. The maximum Gasteiger partial charge on any atom is 0.188 e. The molecule has 0 saturated heterocycles. The molecule has 4 heteroatoms. The third-order valence-corrected chi connectivity index (χ3v) is 14.8. The average molecular weight is 963 g/mol. The summed E-state index contributed by atoms with van der Waals surface area (Å²) in [5.74, 6) is 0. The first-order valence-corrected chi connectivity index (χ1v) is 25.9. The Kier molecular flexibility index (Phi) is 12.3. The van der Waals surface area contributed by atoms with Gasteiger partial charge in [-0.2, -0.15) is 5.26 Å². The Morgan fingerprint density at radius 2 is 0.757 bits per heavy atom. The van der Waals surface area contributed by atoms with Gasteiger partial charge in [-0.25, -0.2) is 4.85 Å². The SMILES string of the molecule is [C-]#[N+]c1ccc(N(c2cc(C(C)(C)C)cc(C(C)(C)C)c2)c2ccc3ccc4c(N(c5cc(C(C)(C)C)cc(C(C)(C)C)c5)c5ccc(C#N)cc5-c5ccccc5)ccc5ccc2c3c54)c(-c2ccccc2)c1. The molecule has 0 bridgehead atoms. The summed E-state index contributed by atoms with van der Waals surface area (Å²) in [5.41, 5.74) is 16.0. The maximum absolute atomic E-state index is 10.3. The van der Waals surface area contributed by atoms with Gasteiger partial charge in [-0.3, -0.25) is 0 Å². The van der Waals surface area contributed by atoms with E-state index in [2.05, 4.69) is 249 Å². The van der Waals surface area contributed by atoms with Crippen molar-refractivity contribution >= 4 is 72.1 Å². The number of rotatable bonds is 8. The third-order valence-electron chi connectivity index (χ3n) is 14.8. The molecule has 0 amide bonds. The molecular weight excluding hydrogens is 897 g/mol. The highest BCUT2D eigenvalue weighted by Gasteiger charge is 2.29. The predicted molar refractivity (Wildman–Crippen MR) is 316 cm³/mol. The van der Waals surface area contributed by atoms with Crippen molar-refractivity contribution in [2.24, 2.45) is 0 Å². The summed E-state index contributed by atoms with van der Waals surface area (Å²) in [6.45, 7) is 35.7. The van der Waals surface area contributed by atoms with Gasteiger partial charge in [0, 0.05) is 27.7 Å². The molecule has 0 radical (unpaired) electrons. The van der Waals surface area contributed by atoms with E-state index < -0.39 is 0 Å². The molecule has 0 N–H and O–H groups in total. The first-order valence-electron chi connectivity index (χ1n) is 25.9. The fraction of sp³-hybridized carbons (Fsp3) is 0.229. The zero-order valence-electron chi connectivity index (χ0n) is 45.1. The minimum absolute atomic E-state index is 0.127. The molecule has 0 spiro atoms. The molecule has 0 fully saturated rings. The van der Waals surface area contributed by atoms with Gasteiger partial charge in [-0.05, 0) is 149 Å². The molecule has 0 aliphatic heterocycles. The van der Waals surface area contributed by atoms with Crippen molar-refractivity contribution in [2.45, 2.75) is 105 Å². The minimum Gasteiger partial charge on any atom is -0.309 e. The zero-order chi connectivity index (χ0) is 52.5. The van der Waals surface area contributed by atoms with Crippen LogP contribution in [0.3, 0.4) is 0 Å². The molecule has 0 aliphatic rings. The van der Waals surface area contributed by atoms with E-state index in [4.69, 9.17) is 6.57 Å². The van der Waals surface area contributed by atoms with Gasteiger partial charge in [-0.1, -0.05) is 198 Å². The monoisotopic (exact) mass is 963 g/mol. The van der Waals surface area contributed by atoms with Crippen molar-refractivity contribution in [3.63, 3.8) is 0 Å². The van der Waals surface area contributed by atoms with Gasteiger partial charge in [0.25, 0.3) is 0 Å². The molecule has 0 unspecified atom stereocenters. The van der Waals surface area contributed by atoms with Crippen LogP contribution < -0.4 is 9.80 Å². The van der Waals surface area contributed by atoms with Crippen molar-refractivity contribution in [1.29, 1.82) is 5.26 Å². The van der Waals surface area contributed by atoms with E-state index in [0.29, 0.717) is 11.3 Å². The molecule has 10 aromatic carbocycles. The summed E-state index contributed by atoms with van der Waals surface area (Å²) in [5, 5.41) is 17.3. The topological polar surface area (TPSA) is 34.6 Å². The Hall–Kier alpha value is -8.18. The van der Waals surface area contributed by atoms with Crippen molar-refractivity contribution in [2.75, 3.05) is 9.80 Å². The normalized spacial score (nSPS) is 12.3. The summed E-state index contributed by atoms with van der Waals surface area (Å²) in [7, 11) is 0. The molecule has 366 valence electrons. The van der Waals surface area contributed by atoms with Crippen LogP contribution >= 0.6 is 0 Å². The number of hydrogen-bond donors (Lipinski definition) is 0. The molecule has 0 aliphatic carbocycles. The van der Waals surface area contributed by atoms with E-state index in [9.17, 15) is 5.26 Å². The Labute approximate surface area is 439 Å². The van der Waals surface area contributed by atoms with Gasteiger partial charge in [-0.15, -0.1) is 0 Å². The van der Waals surface area contributed by atoms with Gasteiger partial charge in [0.15, 0.2) is 5.69 Å². The van der Waals surface area contributed by atoms with E-state index in [1.54, 1.807) is 0 Å². The molecule has 4 nitrogen and oxygen atoms in total. The third kappa shape index (κ3) is 9.16. The second kappa shape index (κ2) is 18.4. The Morgan fingerprint density at radius 1 is 0.392 bits per heavy atom. The molecule has 0 aromatic heterocycles. The molecule has 0 atom stereocenters. The maximum atomic E-state index is 10.3. The first-order chi connectivity index (χ1) is 35.1. The second-order valence-electron chi connectivity index (χ2n) is 24.2. The van der Waals surface area contributed by atoms with Crippen molar-refractivity contribution < 1.29 is 0 Å². The van der Waals surface area contributed by atoms with Crippen molar-refractivity contribution in [3.8, 4) is 28.3 Å². The number of benzene rings is 10. The van der Waals surface area contributed by atoms with Crippen LogP contribution in [0.2, 0.25) is 0 Å². The lowest BCUT2D eigenvalue weighted by Crippen LogP contribution is -2.19.